The first-order valence-electron chi connectivity index (χ1n) is 6.49. The molecule has 1 aliphatic heterocycles. The maximum absolute atomic E-state index is 4.56. The molecule has 0 N–H and O–H groups in total. The molecule has 2 nitrogen and oxygen atoms in total. The molecule has 0 aromatic carbocycles. The number of halogens is 1. The van der Waals surface area contributed by atoms with Crippen LogP contribution in [-0.4, -0.2) is 25.1 Å². The predicted octanol–water partition coefficient (Wildman–Crippen LogP) is -0.0132. The highest BCUT2D eigenvalue weighted by Crippen LogP contribution is 2.48. The molecule has 3 rings (SSSR count). The Labute approximate surface area is 121 Å². The zero-order chi connectivity index (χ0) is 11.1. The molecule has 1 spiro atoms. The second-order valence-electron chi connectivity index (χ2n) is 5.92. The monoisotopic (exact) mass is 344 g/mol. The van der Waals surface area contributed by atoms with Crippen molar-refractivity contribution in [2.75, 3.05) is 20.1 Å². The van der Waals surface area contributed by atoms with Crippen LogP contribution in [0.2, 0.25) is 0 Å². The van der Waals surface area contributed by atoms with E-state index in [4.69, 9.17) is 0 Å². The molecule has 94 valence electrons. The molecule has 1 aliphatic carbocycles. The highest BCUT2D eigenvalue weighted by atomic mass is 127. The Morgan fingerprint density at radius 1 is 1.18 bits per heavy atom. The number of hydrogen-bond donors (Lipinski definition) is 0. The van der Waals surface area contributed by atoms with Gasteiger partial charge in [0.2, 0.25) is 5.82 Å². The molecular weight excluding hydrogens is 323 g/mol. The van der Waals surface area contributed by atoms with E-state index in [1.807, 2.05) is 12.3 Å². The largest absolute Gasteiger partial charge is 1.00 e. The molecule has 2 fully saturated rings. The number of hydrogen-bond acceptors (Lipinski definition) is 1. The van der Waals surface area contributed by atoms with Gasteiger partial charge in [0.15, 0.2) is 0 Å². The van der Waals surface area contributed by atoms with Gasteiger partial charge < -0.3 is 24.0 Å². The third kappa shape index (κ3) is 2.36. The van der Waals surface area contributed by atoms with E-state index in [9.17, 15) is 0 Å². The lowest BCUT2D eigenvalue weighted by Gasteiger charge is -2.30. The zero-order valence-electron chi connectivity index (χ0n) is 10.5. The van der Waals surface area contributed by atoms with E-state index in [0.717, 1.165) is 4.48 Å². The van der Waals surface area contributed by atoms with Crippen LogP contribution in [0.25, 0.3) is 0 Å². The first-order valence-corrected chi connectivity index (χ1v) is 6.49. The standard InChI is InChI=1S/C14H21N2.HI/c1-16(13-6-2-5-10-15-13)11-9-14(12-16)7-3-4-8-14;/h2,5-6,10H,3-4,7-9,11-12H2,1H3;1H/q+1;/p-1. The number of nitrogens with zero attached hydrogens (tertiary/aromatic N) is 2. The molecule has 17 heavy (non-hydrogen) atoms. The van der Waals surface area contributed by atoms with E-state index in [1.165, 1.54) is 51.0 Å². The SMILES string of the molecule is C[N+]1(c2ccccn2)CCC2(CCCC2)C1.[I-]. The van der Waals surface area contributed by atoms with Crippen molar-refractivity contribution >= 4 is 5.82 Å². The minimum Gasteiger partial charge on any atom is -1.00 e. The van der Waals surface area contributed by atoms with Gasteiger partial charge in [-0.2, -0.15) is 0 Å². The fourth-order valence-corrected chi connectivity index (χ4v) is 3.78. The van der Waals surface area contributed by atoms with Gasteiger partial charge in [-0.3, -0.25) is 4.48 Å². The van der Waals surface area contributed by atoms with Crippen LogP contribution in [-0.2, 0) is 0 Å². The molecule has 0 amide bonds. The molecule has 0 radical (unpaired) electrons. The second kappa shape index (κ2) is 4.84. The topological polar surface area (TPSA) is 12.9 Å². The maximum Gasteiger partial charge on any atom is 0.227 e. The molecule has 0 bridgehead atoms. The van der Waals surface area contributed by atoms with Crippen LogP contribution < -0.4 is 28.5 Å². The Bertz CT molecular complexity index is 373. The summed E-state index contributed by atoms with van der Waals surface area (Å²) in [5.74, 6) is 1.26. The highest BCUT2D eigenvalue weighted by molar-refractivity contribution is 5.35. The molecular formula is C14H21IN2. The van der Waals surface area contributed by atoms with Crippen molar-refractivity contribution in [1.29, 1.82) is 0 Å². The summed E-state index contributed by atoms with van der Waals surface area (Å²) in [4.78, 5) is 4.56. The van der Waals surface area contributed by atoms with Gasteiger partial charge in [0.25, 0.3) is 0 Å². The summed E-state index contributed by atoms with van der Waals surface area (Å²) < 4.78 is 1.06. The van der Waals surface area contributed by atoms with Crippen LogP contribution in [0.3, 0.4) is 0 Å². The van der Waals surface area contributed by atoms with E-state index >= 15 is 0 Å². The Hall–Kier alpha value is -0.160. The van der Waals surface area contributed by atoms with Gasteiger partial charge in [0, 0.05) is 24.1 Å². The van der Waals surface area contributed by atoms with E-state index in [-0.39, 0.29) is 24.0 Å². The summed E-state index contributed by atoms with van der Waals surface area (Å²) in [5.41, 5.74) is 0.659. The fourth-order valence-electron chi connectivity index (χ4n) is 3.78. The lowest BCUT2D eigenvalue weighted by atomic mass is 9.85. The van der Waals surface area contributed by atoms with Crippen molar-refractivity contribution in [1.82, 2.24) is 9.47 Å². The van der Waals surface area contributed by atoms with Crippen molar-refractivity contribution in [2.24, 2.45) is 5.41 Å². The Morgan fingerprint density at radius 2 is 1.94 bits per heavy atom. The highest BCUT2D eigenvalue weighted by Gasteiger charge is 2.49. The third-order valence-electron chi connectivity index (χ3n) is 4.69. The predicted molar refractivity (Wildman–Crippen MR) is 67.2 cm³/mol. The van der Waals surface area contributed by atoms with Crippen LogP contribution in [0.5, 0.6) is 0 Å². The van der Waals surface area contributed by atoms with E-state index in [0.29, 0.717) is 5.41 Å². The quantitative estimate of drug-likeness (QED) is 0.516. The van der Waals surface area contributed by atoms with Gasteiger partial charge in [0.1, 0.15) is 0 Å². The van der Waals surface area contributed by atoms with Crippen LogP contribution in [0, 0.1) is 5.41 Å². The summed E-state index contributed by atoms with van der Waals surface area (Å²) in [7, 11) is 2.36. The number of pyridine rings is 1. The van der Waals surface area contributed by atoms with Crippen LogP contribution in [0.1, 0.15) is 32.1 Å². The molecule has 1 saturated heterocycles. The molecule has 3 heteroatoms. The first-order chi connectivity index (χ1) is 7.73. The van der Waals surface area contributed by atoms with Gasteiger partial charge in [-0.05, 0) is 18.9 Å². The van der Waals surface area contributed by atoms with E-state index < -0.39 is 0 Å². The van der Waals surface area contributed by atoms with Crippen LogP contribution >= 0.6 is 0 Å². The van der Waals surface area contributed by atoms with Crippen molar-refractivity contribution in [3.8, 4) is 0 Å². The summed E-state index contributed by atoms with van der Waals surface area (Å²) in [6.07, 6.45) is 9.13. The van der Waals surface area contributed by atoms with Gasteiger partial charge in [-0.25, -0.2) is 4.98 Å². The Morgan fingerprint density at radius 3 is 2.59 bits per heavy atom. The number of rotatable bonds is 1. The Kier molecular flexibility index (Phi) is 3.78. The van der Waals surface area contributed by atoms with Crippen LogP contribution in [0.15, 0.2) is 24.4 Å². The Balaban J connectivity index is 0.00000108. The van der Waals surface area contributed by atoms with Crippen LogP contribution in [0.4, 0.5) is 5.82 Å². The first kappa shape index (κ1) is 13.3. The van der Waals surface area contributed by atoms with Crippen molar-refractivity contribution in [3.05, 3.63) is 24.4 Å². The molecule has 2 heterocycles. The lowest BCUT2D eigenvalue weighted by molar-refractivity contribution is -0.00000376. The fraction of sp³-hybridized carbons (Fsp3) is 0.643. The summed E-state index contributed by atoms with van der Waals surface area (Å²) in [5, 5.41) is 0. The average Bonchev–Trinajstić information content (AvgIpc) is 2.90. The molecule has 1 aromatic heterocycles. The van der Waals surface area contributed by atoms with Gasteiger partial charge in [0.05, 0.1) is 20.1 Å². The average molecular weight is 344 g/mol. The molecule has 1 atom stereocenters. The van der Waals surface area contributed by atoms with Gasteiger partial charge >= 0.3 is 0 Å². The second-order valence-corrected chi connectivity index (χ2v) is 5.92. The molecule has 1 aromatic rings. The van der Waals surface area contributed by atoms with Gasteiger partial charge in [-0.15, -0.1) is 0 Å². The summed E-state index contributed by atoms with van der Waals surface area (Å²) in [6, 6.07) is 6.32. The number of quaternary nitrogens is 1. The number of aromatic nitrogens is 1. The smallest absolute Gasteiger partial charge is 0.227 e. The zero-order valence-corrected chi connectivity index (χ0v) is 12.7. The molecule has 1 unspecified atom stereocenters. The normalized spacial score (nSPS) is 30.4. The molecule has 1 saturated carbocycles. The minimum atomic E-state index is 0. The minimum absolute atomic E-state index is 0. The maximum atomic E-state index is 4.56. The summed E-state index contributed by atoms with van der Waals surface area (Å²) >= 11 is 0. The van der Waals surface area contributed by atoms with E-state index in [1.54, 1.807) is 0 Å². The van der Waals surface area contributed by atoms with Crippen molar-refractivity contribution in [2.45, 2.75) is 32.1 Å². The van der Waals surface area contributed by atoms with Gasteiger partial charge in [-0.1, -0.05) is 18.9 Å². The van der Waals surface area contributed by atoms with Crippen molar-refractivity contribution < 1.29 is 24.0 Å². The third-order valence-corrected chi connectivity index (χ3v) is 4.69. The molecule has 2 aliphatic rings. The summed E-state index contributed by atoms with van der Waals surface area (Å²) in [6.45, 7) is 2.58. The number of likely N-dealkylation sites (tertiary alicyclic amines) is 1. The van der Waals surface area contributed by atoms with Crippen molar-refractivity contribution in [3.63, 3.8) is 0 Å². The van der Waals surface area contributed by atoms with E-state index in [2.05, 4.69) is 24.2 Å². The lowest BCUT2D eigenvalue weighted by Crippen LogP contribution is -3.00.